The molecule has 0 unspecified atom stereocenters. The van der Waals surface area contributed by atoms with Gasteiger partial charge in [-0.2, -0.15) is 0 Å². The number of likely N-dealkylation sites (tertiary alicyclic amines) is 2. The number of piperidine rings is 2. The Kier molecular flexibility index (Phi) is 26.8. The lowest BCUT2D eigenvalue weighted by Crippen LogP contribution is -2.42. The average Bonchev–Trinajstić information content (AvgIpc) is 3.42. The highest BCUT2D eigenvalue weighted by Gasteiger charge is 2.13. The predicted molar refractivity (Wildman–Crippen MR) is 213 cm³/mol. The van der Waals surface area contributed by atoms with E-state index in [0.717, 1.165) is 39.9 Å². The van der Waals surface area contributed by atoms with Crippen molar-refractivity contribution in [2.45, 2.75) is 114 Å². The van der Waals surface area contributed by atoms with Gasteiger partial charge < -0.3 is 25.3 Å². The van der Waals surface area contributed by atoms with Crippen molar-refractivity contribution < 1.29 is 0 Å². The molecule has 7 heteroatoms. The summed E-state index contributed by atoms with van der Waals surface area (Å²) in [5.41, 5.74) is 8.74. The van der Waals surface area contributed by atoms with Crippen LogP contribution >= 0.6 is 11.3 Å². The fraction of sp³-hybridized carbons (Fsp3) is 0.825. The standard InChI is InChI=1S/C8H16.2C7H15N.C7H13N.C6H14N2.C5H7NS/c3*1-7-3-5-8(2)6-4-7;1-6(2)4-7(3)5-8;1-7-3-5-8(2)6-4-7;1-4-3-7-5(2)6-4/h7-8H,3-6H2,1-2H3;2*7H,3-6H2,1-2H3;4-5H,8H2,1-3H3;3-6H2,1-2H3;3H,1-2H3/b;;;7-5-;;. The normalized spacial score (nSPS) is 23.5. The Hall–Kier alpha value is -1.25. The fourth-order valence-corrected chi connectivity index (χ4v) is 6.17. The SMILES string of the molecule is CC(C)=C/C(C)=C\N.CC1CCC(C)CC1.CC1CCN(C)CC1.CC1CCN(C)CC1.CN1CCN(C)CC1.Cc1csc(C)n1. The lowest BCUT2D eigenvalue weighted by molar-refractivity contribution is 0.181. The van der Waals surface area contributed by atoms with Gasteiger partial charge in [-0.25, -0.2) is 4.98 Å². The summed E-state index contributed by atoms with van der Waals surface area (Å²) in [5, 5.41) is 3.20. The molecule has 1 aromatic rings. The third-order valence-electron chi connectivity index (χ3n) is 9.56. The minimum absolute atomic E-state index is 0.978. The molecule has 276 valence electrons. The second-order valence-electron chi connectivity index (χ2n) is 15.6. The second-order valence-corrected chi connectivity index (χ2v) is 16.6. The highest BCUT2D eigenvalue weighted by atomic mass is 32.1. The van der Waals surface area contributed by atoms with Gasteiger partial charge in [0.15, 0.2) is 0 Å². The maximum Gasteiger partial charge on any atom is 0.0897 e. The van der Waals surface area contributed by atoms with Crippen LogP contribution in [0.1, 0.15) is 111 Å². The molecule has 4 aliphatic rings. The van der Waals surface area contributed by atoms with E-state index in [1.165, 1.54) is 109 Å². The van der Waals surface area contributed by atoms with E-state index in [-0.39, 0.29) is 0 Å². The minimum Gasteiger partial charge on any atom is -0.404 e. The van der Waals surface area contributed by atoms with Crippen LogP contribution in [-0.4, -0.2) is 105 Å². The van der Waals surface area contributed by atoms with Gasteiger partial charge in [-0.1, -0.05) is 65.0 Å². The molecular weight excluding hydrogens is 597 g/mol. The van der Waals surface area contributed by atoms with Gasteiger partial charge >= 0.3 is 0 Å². The van der Waals surface area contributed by atoms with E-state index in [2.05, 4.69) is 85.8 Å². The molecule has 1 saturated carbocycles. The molecule has 5 rings (SSSR count). The molecule has 2 N–H and O–H groups in total. The lowest BCUT2D eigenvalue weighted by Gasteiger charge is -2.28. The van der Waals surface area contributed by atoms with Crippen LogP contribution in [0, 0.1) is 37.5 Å². The van der Waals surface area contributed by atoms with Gasteiger partial charge in [-0.15, -0.1) is 11.3 Å². The first-order chi connectivity index (χ1) is 22.1. The van der Waals surface area contributed by atoms with Crippen LogP contribution in [0.3, 0.4) is 0 Å². The molecule has 0 radical (unpaired) electrons. The van der Waals surface area contributed by atoms with Gasteiger partial charge in [0.25, 0.3) is 0 Å². The van der Waals surface area contributed by atoms with Crippen LogP contribution in [0.2, 0.25) is 0 Å². The summed E-state index contributed by atoms with van der Waals surface area (Å²) >= 11 is 1.69. The van der Waals surface area contributed by atoms with Crippen molar-refractivity contribution in [1.29, 1.82) is 0 Å². The molecule has 47 heavy (non-hydrogen) atoms. The van der Waals surface area contributed by atoms with Crippen molar-refractivity contribution in [2.75, 3.05) is 80.5 Å². The topological polar surface area (TPSA) is 51.9 Å². The number of hydrogen-bond acceptors (Lipinski definition) is 7. The Morgan fingerprint density at radius 2 is 0.936 bits per heavy atom. The molecular formula is C40H80N6S. The highest BCUT2D eigenvalue weighted by molar-refractivity contribution is 7.09. The van der Waals surface area contributed by atoms with Crippen LogP contribution in [-0.2, 0) is 0 Å². The summed E-state index contributed by atoms with van der Waals surface area (Å²) in [4.78, 5) is 13.7. The molecule has 0 spiro atoms. The number of nitrogens with zero attached hydrogens (tertiary/aromatic N) is 5. The molecule has 0 bridgehead atoms. The number of allylic oxidation sites excluding steroid dienone is 3. The fourth-order valence-electron chi connectivity index (χ4n) is 5.58. The van der Waals surface area contributed by atoms with Crippen molar-refractivity contribution in [3.05, 3.63) is 39.5 Å². The molecule has 1 aromatic heterocycles. The summed E-state index contributed by atoms with van der Waals surface area (Å²) < 4.78 is 0. The van der Waals surface area contributed by atoms with Gasteiger partial charge in [0.05, 0.1) is 5.01 Å². The molecule has 0 aromatic carbocycles. The molecule has 3 saturated heterocycles. The zero-order valence-electron chi connectivity index (χ0n) is 33.6. The van der Waals surface area contributed by atoms with Crippen LogP contribution in [0.5, 0.6) is 0 Å². The van der Waals surface area contributed by atoms with Crippen LogP contribution < -0.4 is 5.73 Å². The minimum atomic E-state index is 0.978. The van der Waals surface area contributed by atoms with Gasteiger partial charge in [0.1, 0.15) is 0 Å². The van der Waals surface area contributed by atoms with Crippen LogP contribution in [0.25, 0.3) is 0 Å². The van der Waals surface area contributed by atoms with Crippen molar-refractivity contribution >= 4 is 11.3 Å². The number of aryl methyl sites for hydroxylation is 2. The van der Waals surface area contributed by atoms with Crippen molar-refractivity contribution in [3.8, 4) is 0 Å². The molecule has 1 aliphatic carbocycles. The number of likely N-dealkylation sites (N-methyl/N-ethyl adjacent to an activating group) is 2. The molecule has 4 heterocycles. The van der Waals surface area contributed by atoms with Crippen molar-refractivity contribution in [3.63, 3.8) is 0 Å². The molecule has 0 atom stereocenters. The third-order valence-corrected chi connectivity index (χ3v) is 10.5. The second kappa shape index (κ2) is 27.6. The van der Waals surface area contributed by atoms with E-state index < -0.39 is 0 Å². The van der Waals surface area contributed by atoms with Gasteiger partial charge in [0, 0.05) is 37.3 Å². The zero-order chi connectivity index (χ0) is 35.8. The number of rotatable bonds is 1. The first kappa shape index (κ1) is 45.8. The molecule has 3 aliphatic heterocycles. The maximum absolute atomic E-state index is 5.21. The number of aromatic nitrogens is 1. The highest BCUT2D eigenvalue weighted by Crippen LogP contribution is 2.27. The quantitative estimate of drug-likeness (QED) is 0.300. The monoisotopic (exact) mass is 677 g/mol. The zero-order valence-corrected chi connectivity index (χ0v) is 34.4. The Morgan fingerprint density at radius 1 is 0.617 bits per heavy atom. The Balaban J connectivity index is 0.000000540. The number of thiazole rings is 1. The predicted octanol–water partition coefficient (Wildman–Crippen LogP) is 8.97. The van der Waals surface area contributed by atoms with Crippen LogP contribution in [0.4, 0.5) is 0 Å². The van der Waals surface area contributed by atoms with Gasteiger partial charge in [0.2, 0.25) is 0 Å². The Morgan fingerprint density at radius 3 is 1.13 bits per heavy atom. The number of hydrogen-bond donors (Lipinski definition) is 1. The largest absolute Gasteiger partial charge is 0.404 e. The number of nitrogens with two attached hydrogens (primary N) is 1. The lowest BCUT2D eigenvalue weighted by atomic mass is 9.84. The molecule has 0 amide bonds. The van der Waals surface area contributed by atoms with E-state index in [1.807, 2.05) is 40.7 Å². The Labute approximate surface area is 298 Å². The van der Waals surface area contributed by atoms with E-state index in [0.29, 0.717) is 0 Å². The molecule has 6 nitrogen and oxygen atoms in total. The summed E-state index contributed by atoms with van der Waals surface area (Å²) in [7, 11) is 8.75. The smallest absolute Gasteiger partial charge is 0.0897 e. The van der Waals surface area contributed by atoms with Gasteiger partial charge in [-0.3, -0.25) is 0 Å². The van der Waals surface area contributed by atoms with Crippen molar-refractivity contribution in [1.82, 2.24) is 24.6 Å². The third kappa shape index (κ3) is 28.3. The first-order valence-electron chi connectivity index (χ1n) is 18.8. The van der Waals surface area contributed by atoms with E-state index in [4.69, 9.17) is 5.73 Å². The van der Waals surface area contributed by atoms with E-state index in [9.17, 15) is 0 Å². The van der Waals surface area contributed by atoms with Crippen molar-refractivity contribution in [2.24, 2.45) is 29.4 Å². The van der Waals surface area contributed by atoms with Crippen LogP contribution in [0.15, 0.2) is 28.8 Å². The van der Waals surface area contributed by atoms with E-state index >= 15 is 0 Å². The maximum atomic E-state index is 5.21. The number of piperazine rings is 1. The Bertz CT molecular complexity index is 770. The summed E-state index contributed by atoms with van der Waals surface area (Å²) in [6.45, 7) is 29.7. The summed E-state index contributed by atoms with van der Waals surface area (Å²) in [6, 6.07) is 0. The summed E-state index contributed by atoms with van der Waals surface area (Å²) in [6.07, 6.45) is 15.1. The first-order valence-corrected chi connectivity index (χ1v) is 19.6. The van der Waals surface area contributed by atoms with E-state index in [1.54, 1.807) is 17.5 Å². The molecule has 4 fully saturated rings. The average molecular weight is 677 g/mol. The van der Waals surface area contributed by atoms with Gasteiger partial charge in [-0.05, 0) is 150 Å². The summed E-state index contributed by atoms with van der Waals surface area (Å²) in [5.74, 6) is 4.00.